The van der Waals surface area contributed by atoms with Gasteiger partial charge >= 0.3 is 0 Å². The summed E-state index contributed by atoms with van der Waals surface area (Å²) >= 11 is 4.86. The van der Waals surface area contributed by atoms with E-state index in [9.17, 15) is 4.79 Å². The van der Waals surface area contributed by atoms with Gasteiger partial charge in [0, 0.05) is 0 Å². The van der Waals surface area contributed by atoms with E-state index in [1.807, 2.05) is 54.6 Å². The molecule has 1 fully saturated rings. The second-order valence-corrected chi connectivity index (χ2v) is 8.81. The molecule has 0 atom stereocenters. The zero-order chi connectivity index (χ0) is 23.2. The number of carbonyl (C=O) groups is 1. The van der Waals surface area contributed by atoms with Crippen LogP contribution in [0.4, 0.5) is 5.69 Å². The molecule has 0 bridgehead atoms. The van der Waals surface area contributed by atoms with Gasteiger partial charge < -0.3 is 13.9 Å². The summed E-state index contributed by atoms with van der Waals surface area (Å²) in [5, 5.41) is 0.589. The van der Waals surface area contributed by atoms with Gasteiger partial charge in [-0.1, -0.05) is 30.9 Å². The first kappa shape index (κ1) is 22.9. The molecule has 33 heavy (non-hydrogen) atoms. The number of hydrogen-bond acceptors (Lipinski definition) is 6. The number of rotatable bonds is 8. The maximum atomic E-state index is 13.3. The average molecular weight is 525 g/mol. The fraction of sp³-hybridized carbons (Fsp3) is 0.120. The molecular weight excluding hydrogens is 504 g/mol. The van der Waals surface area contributed by atoms with Gasteiger partial charge in [-0.05, 0) is 75.7 Å². The van der Waals surface area contributed by atoms with Crippen LogP contribution in [0.2, 0.25) is 0 Å². The van der Waals surface area contributed by atoms with Gasteiger partial charge in [0.25, 0.3) is 5.91 Å². The van der Waals surface area contributed by atoms with Crippen molar-refractivity contribution < 1.29 is 18.7 Å². The van der Waals surface area contributed by atoms with Gasteiger partial charge in [0.2, 0.25) is 0 Å². The molecule has 1 aliphatic heterocycles. The highest BCUT2D eigenvalue weighted by molar-refractivity contribution is 9.10. The van der Waals surface area contributed by atoms with Crippen molar-refractivity contribution in [1.82, 2.24) is 4.90 Å². The third kappa shape index (κ3) is 5.40. The van der Waals surface area contributed by atoms with Gasteiger partial charge in [-0.25, -0.2) is 4.99 Å². The number of benzene rings is 2. The predicted octanol–water partition coefficient (Wildman–Crippen LogP) is 6.42. The fourth-order valence-corrected chi connectivity index (χ4v) is 4.73. The lowest BCUT2D eigenvalue weighted by Gasteiger charge is -2.14. The molecule has 168 valence electrons. The number of amides is 1. The minimum Gasteiger partial charge on any atom is -0.493 e. The molecule has 8 heteroatoms. The maximum absolute atomic E-state index is 13.3. The normalized spacial score (nSPS) is 15.9. The van der Waals surface area contributed by atoms with Gasteiger partial charge in [0.1, 0.15) is 12.4 Å². The predicted molar refractivity (Wildman–Crippen MR) is 135 cm³/mol. The van der Waals surface area contributed by atoms with Crippen molar-refractivity contribution in [3.05, 3.63) is 94.2 Å². The topological polar surface area (TPSA) is 64.3 Å². The van der Waals surface area contributed by atoms with Crippen molar-refractivity contribution in [2.24, 2.45) is 4.99 Å². The number of furan rings is 1. The first-order valence-electron chi connectivity index (χ1n) is 10.1. The third-order valence-electron chi connectivity index (χ3n) is 4.66. The molecule has 1 saturated heterocycles. The monoisotopic (exact) mass is 524 g/mol. The SMILES string of the molecule is C=CCOc1c(Br)cc(/C=C2\SC(=Nc3ccccc3)N(Cc3ccco3)C2=O)cc1OC. The Balaban J connectivity index is 1.69. The Morgan fingerprint density at radius 1 is 1.21 bits per heavy atom. The zero-order valence-corrected chi connectivity index (χ0v) is 20.3. The molecule has 2 heterocycles. The molecule has 2 aromatic carbocycles. The summed E-state index contributed by atoms with van der Waals surface area (Å²) in [6.45, 7) is 4.32. The first-order valence-corrected chi connectivity index (χ1v) is 11.7. The number of amidine groups is 1. The molecule has 0 radical (unpaired) electrons. The number of hydrogen-bond donors (Lipinski definition) is 0. The zero-order valence-electron chi connectivity index (χ0n) is 17.9. The molecule has 0 aliphatic carbocycles. The van der Waals surface area contributed by atoms with E-state index in [-0.39, 0.29) is 5.91 Å². The fourth-order valence-electron chi connectivity index (χ4n) is 3.16. The standard InChI is InChI=1S/C25H21BrN2O4S/c1-3-11-32-23-20(26)13-17(14-21(23)30-2)15-22-24(29)28(16-19-10-7-12-31-19)25(33-22)27-18-8-5-4-6-9-18/h3-10,12-15H,1,11,16H2,2H3/b22-15-,27-25?. The Morgan fingerprint density at radius 3 is 2.73 bits per heavy atom. The van der Waals surface area contributed by atoms with Crippen molar-refractivity contribution >= 4 is 50.5 Å². The van der Waals surface area contributed by atoms with E-state index in [4.69, 9.17) is 18.9 Å². The lowest BCUT2D eigenvalue weighted by molar-refractivity contribution is -0.122. The van der Waals surface area contributed by atoms with Crippen LogP contribution in [0.25, 0.3) is 6.08 Å². The van der Waals surface area contributed by atoms with E-state index in [1.54, 1.807) is 30.4 Å². The number of aliphatic imine (C=N–C) groups is 1. The molecule has 0 N–H and O–H groups in total. The second kappa shape index (κ2) is 10.6. The molecule has 3 aromatic rings. The number of carbonyl (C=O) groups excluding carboxylic acids is 1. The number of ether oxygens (including phenoxy) is 2. The Kier molecular flexibility index (Phi) is 7.36. The number of para-hydroxylation sites is 1. The smallest absolute Gasteiger partial charge is 0.267 e. The highest BCUT2D eigenvalue weighted by atomic mass is 79.9. The summed E-state index contributed by atoms with van der Waals surface area (Å²) in [5.41, 5.74) is 1.56. The van der Waals surface area contributed by atoms with Crippen molar-refractivity contribution in [3.8, 4) is 11.5 Å². The van der Waals surface area contributed by atoms with E-state index < -0.39 is 0 Å². The summed E-state index contributed by atoms with van der Waals surface area (Å²) in [4.78, 5) is 20.2. The molecule has 4 rings (SSSR count). The minimum absolute atomic E-state index is 0.145. The molecular formula is C25H21BrN2O4S. The van der Waals surface area contributed by atoms with Crippen LogP contribution in [0.15, 0.2) is 92.3 Å². The van der Waals surface area contributed by atoms with E-state index in [2.05, 4.69) is 22.5 Å². The molecule has 1 aromatic heterocycles. The highest BCUT2D eigenvalue weighted by Crippen LogP contribution is 2.40. The van der Waals surface area contributed by atoms with Gasteiger partial charge in [-0.15, -0.1) is 0 Å². The highest BCUT2D eigenvalue weighted by Gasteiger charge is 2.34. The van der Waals surface area contributed by atoms with Crippen LogP contribution in [0, 0.1) is 0 Å². The third-order valence-corrected chi connectivity index (χ3v) is 6.25. The molecule has 0 unspecified atom stereocenters. The van der Waals surface area contributed by atoms with E-state index in [1.165, 1.54) is 11.8 Å². The van der Waals surface area contributed by atoms with Crippen LogP contribution in [0.3, 0.4) is 0 Å². The molecule has 0 spiro atoms. The average Bonchev–Trinajstić information content (AvgIpc) is 3.43. The quantitative estimate of drug-likeness (QED) is 0.251. The number of halogens is 1. The summed E-state index contributed by atoms with van der Waals surface area (Å²) in [6, 6.07) is 16.9. The van der Waals surface area contributed by atoms with Crippen LogP contribution < -0.4 is 9.47 Å². The molecule has 0 saturated carbocycles. The summed E-state index contributed by atoms with van der Waals surface area (Å²) in [6.07, 6.45) is 5.07. The number of nitrogens with zero attached hydrogens (tertiary/aromatic N) is 2. The first-order chi connectivity index (χ1) is 16.1. The van der Waals surface area contributed by atoms with Crippen molar-refractivity contribution in [2.45, 2.75) is 6.54 Å². The molecule has 6 nitrogen and oxygen atoms in total. The Hall–Kier alpha value is -3.23. The van der Waals surface area contributed by atoms with E-state index >= 15 is 0 Å². The molecule has 1 amide bonds. The van der Waals surface area contributed by atoms with Crippen molar-refractivity contribution in [2.75, 3.05) is 13.7 Å². The van der Waals surface area contributed by atoms with Crippen LogP contribution >= 0.6 is 27.7 Å². The Labute approximate surface area is 204 Å². The van der Waals surface area contributed by atoms with Gasteiger partial charge in [-0.3, -0.25) is 9.69 Å². The summed E-state index contributed by atoms with van der Waals surface area (Å²) < 4.78 is 17.4. The second-order valence-electron chi connectivity index (χ2n) is 6.95. The van der Waals surface area contributed by atoms with Gasteiger partial charge in [0.15, 0.2) is 16.7 Å². The van der Waals surface area contributed by atoms with Gasteiger partial charge in [-0.2, -0.15) is 0 Å². The van der Waals surface area contributed by atoms with Crippen LogP contribution in [0.5, 0.6) is 11.5 Å². The van der Waals surface area contributed by atoms with Crippen LogP contribution in [-0.4, -0.2) is 29.7 Å². The van der Waals surface area contributed by atoms with Crippen molar-refractivity contribution in [3.63, 3.8) is 0 Å². The maximum Gasteiger partial charge on any atom is 0.267 e. The lowest BCUT2D eigenvalue weighted by atomic mass is 10.2. The van der Waals surface area contributed by atoms with Crippen LogP contribution in [-0.2, 0) is 11.3 Å². The van der Waals surface area contributed by atoms with Gasteiger partial charge in [0.05, 0.1) is 35.0 Å². The Bertz CT molecular complexity index is 1210. The lowest BCUT2D eigenvalue weighted by Crippen LogP contribution is -2.28. The summed E-state index contributed by atoms with van der Waals surface area (Å²) in [5.74, 6) is 1.67. The number of thioether (sulfide) groups is 1. The van der Waals surface area contributed by atoms with E-state index in [0.29, 0.717) is 40.5 Å². The largest absolute Gasteiger partial charge is 0.493 e. The van der Waals surface area contributed by atoms with Crippen LogP contribution in [0.1, 0.15) is 11.3 Å². The van der Waals surface area contributed by atoms with E-state index in [0.717, 1.165) is 15.7 Å². The minimum atomic E-state index is -0.145. The van der Waals surface area contributed by atoms with Crippen molar-refractivity contribution in [1.29, 1.82) is 0 Å². The Morgan fingerprint density at radius 2 is 2.03 bits per heavy atom. The summed E-state index contributed by atoms with van der Waals surface area (Å²) in [7, 11) is 1.57. The number of methoxy groups -OCH3 is 1. The molecule has 1 aliphatic rings.